The molecule has 1 aliphatic carbocycles. The van der Waals surface area contributed by atoms with Crippen LogP contribution in [-0.2, 0) is 0 Å². The number of carbonyl (C=O) groups excluding carboxylic acids is 1. The quantitative estimate of drug-likeness (QED) is 0.831. The summed E-state index contributed by atoms with van der Waals surface area (Å²) in [5.74, 6) is 0.172. The van der Waals surface area contributed by atoms with Crippen molar-refractivity contribution in [3.05, 3.63) is 17.5 Å². The predicted molar refractivity (Wildman–Crippen MR) is 66.3 cm³/mol. The minimum Gasteiger partial charge on any atom is -0.351 e. The Labute approximate surface area is 106 Å². The molecular formula is C13H19N3O2. The molecular weight excluding hydrogens is 230 g/mol. The van der Waals surface area contributed by atoms with Crippen molar-refractivity contribution in [2.24, 2.45) is 0 Å². The van der Waals surface area contributed by atoms with Gasteiger partial charge in [-0.15, -0.1) is 0 Å². The number of hydrogen-bond acceptors (Lipinski definition) is 4. The van der Waals surface area contributed by atoms with E-state index < -0.39 is 0 Å². The van der Waals surface area contributed by atoms with Gasteiger partial charge in [-0.25, -0.2) is 0 Å². The van der Waals surface area contributed by atoms with Gasteiger partial charge >= 0.3 is 0 Å². The van der Waals surface area contributed by atoms with Crippen LogP contribution in [0.3, 0.4) is 0 Å². The van der Waals surface area contributed by atoms with Gasteiger partial charge in [0.1, 0.15) is 0 Å². The highest BCUT2D eigenvalue weighted by atomic mass is 16.5. The highest BCUT2D eigenvalue weighted by molar-refractivity contribution is 5.91. The van der Waals surface area contributed by atoms with Crippen LogP contribution in [0.4, 0.5) is 0 Å². The molecule has 1 saturated carbocycles. The Hall–Kier alpha value is -1.36. The number of nitrogens with one attached hydrogen (secondary N) is 2. The smallest absolute Gasteiger partial charge is 0.290 e. The van der Waals surface area contributed by atoms with E-state index in [1.165, 1.54) is 19.3 Å². The minimum atomic E-state index is -0.142. The second-order valence-corrected chi connectivity index (χ2v) is 5.56. The average Bonchev–Trinajstić information content (AvgIpc) is 2.74. The van der Waals surface area contributed by atoms with Gasteiger partial charge in [-0.3, -0.25) is 4.79 Å². The standard InChI is InChI=1S/C13H19N3O2/c1-9-7-11(18-16-9)12(17)15-10-3-6-14-13(8-10)4-2-5-13/h7,10,14H,2-6,8H2,1H3,(H,15,17). The van der Waals surface area contributed by atoms with E-state index in [1.807, 2.05) is 6.92 Å². The lowest BCUT2D eigenvalue weighted by Crippen LogP contribution is -2.59. The number of aryl methyl sites for hydroxylation is 1. The molecule has 1 spiro atoms. The number of aromatic nitrogens is 1. The van der Waals surface area contributed by atoms with Crippen LogP contribution in [0.1, 0.15) is 48.4 Å². The molecule has 1 aliphatic heterocycles. The largest absolute Gasteiger partial charge is 0.351 e. The summed E-state index contributed by atoms with van der Waals surface area (Å²) in [6.45, 7) is 2.80. The molecule has 1 atom stereocenters. The van der Waals surface area contributed by atoms with E-state index >= 15 is 0 Å². The summed E-state index contributed by atoms with van der Waals surface area (Å²) in [6, 6.07) is 1.93. The number of nitrogens with zero attached hydrogens (tertiary/aromatic N) is 1. The van der Waals surface area contributed by atoms with Crippen molar-refractivity contribution in [2.75, 3.05) is 6.54 Å². The molecule has 1 amide bonds. The molecule has 3 rings (SSSR count). The van der Waals surface area contributed by atoms with Crippen molar-refractivity contribution in [3.8, 4) is 0 Å². The Morgan fingerprint density at radius 3 is 3.06 bits per heavy atom. The van der Waals surface area contributed by atoms with Crippen molar-refractivity contribution < 1.29 is 9.32 Å². The molecule has 0 aromatic carbocycles. The van der Waals surface area contributed by atoms with Gasteiger partial charge in [0, 0.05) is 17.6 Å². The molecule has 2 N–H and O–H groups in total. The predicted octanol–water partition coefficient (Wildman–Crippen LogP) is 1.39. The van der Waals surface area contributed by atoms with E-state index in [0.29, 0.717) is 11.3 Å². The third-order valence-corrected chi connectivity index (χ3v) is 4.13. The van der Waals surface area contributed by atoms with E-state index in [4.69, 9.17) is 4.52 Å². The maximum atomic E-state index is 12.0. The molecule has 0 bridgehead atoms. The van der Waals surface area contributed by atoms with Crippen LogP contribution in [0.5, 0.6) is 0 Å². The normalized spacial score (nSPS) is 25.7. The van der Waals surface area contributed by atoms with Gasteiger partial charge in [-0.2, -0.15) is 0 Å². The Morgan fingerprint density at radius 2 is 2.44 bits per heavy atom. The Bertz CT molecular complexity index is 451. The van der Waals surface area contributed by atoms with Crippen LogP contribution < -0.4 is 10.6 Å². The molecule has 2 heterocycles. The zero-order valence-electron chi connectivity index (χ0n) is 10.7. The number of rotatable bonds is 2. The number of hydrogen-bond donors (Lipinski definition) is 2. The molecule has 1 saturated heterocycles. The Morgan fingerprint density at radius 1 is 1.61 bits per heavy atom. The first-order chi connectivity index (χ1) is 8.67. The van der Waals surface area contributed by atoms with Crippen LogP contribution in [0.15, 0.2) is 10.6 Å². The van der Waals surface area contributed by atoms with E-state index in [0.717, 1.165) is 25.1 Å². The molecule has 5 nitrogen and oxygen atoms in total. The topological polar surface area (TPSA) is 67.2 Å². The zero-order valence-corrected chi connectivity index (χ0v) is 10.7. The molecule has 98 valence electrons. The van der Waals surface area contributed by atoms with Gasteiger partial charge < -0.3 is 15.2 Å². The highest BCUT2D eigenvalue weighted by Crippen LogP contribution is 2.38. The zero-order chi connectivity index (χ0) is 12.6. The highest BCUT2D eigenvalue weighted by Gasteiger charge is 2.41. The molecule has 1 unspecified atom stereocenters. The maximum absolute atomic E-state index is 12.0. The maximum Gasteiger partial charge on any atom is 0.290 e. The molecule has 0 radical (unpaired) electrons. The molecule has 2 aliphatic rings. The Balaban J connectivity index is 1.60. The summed E-state index contributed by atoms with van der Waals surface area (Å²) in [4.78, 5) is 12.0. The molecule has 5 heteroatoms. The molecule has 1 aromatic heterocycles. The summed E-state index contributed by atoms with van der Waals surface area (Å²) >= 11 is 0. The summed E-state index contributed by atoms with van der Waals surface area (Å²) in [5, 5.41) is 10.4. The van der Waals surface area contributed by atoms with Crippen molar-refractivity contribution in [3.63, 3.8) is 0 Å². The Kier molecular flexibility index (Phi) is 2.86. The van der Waals surface area contributed by atoms with Gasteiger partial charge in [0.25, 0.3) is 5.91 Å². The second-order valence-electron chi connectivity index (χ2n) is 5.56. The second kappa shape index (κ2) is 4.39. The summed E-state index contributed by atoms with van der Waals surface area (Å²) < 4.78 is 4.98. The third kappa shape index (κ3) is 2.14. The minimum absolute atomic E-state index is 0.142. The van der Waals surface area contributed by atoms with Crippen LogP contribution in [0.2, 0.25) is 0 Å². The first kappa shape index (κ1) is 11.7. The third-order valence-electron chi connectivity index (χ3n) is 4.13. The lowest BCUT2D eigenvalue weighted by atomic mass is 9.70. The summed E-state index contributed by atoms with van der Waals surface area (Å²) in [7, 11) is 0. The van der Waals surface area contributed by atoms with Gasteiger partial charge in [-0.1, -0.05) is 5.16 Å². The lowest BCUT2D eigenvalue weighted by Gasteiger charge is -2.48. The van der Waals surface area contributed by atoms with Crippen molar-refractivity contribution >= 4 is 5.91 Å². The summed E-state index contributed by atoms with van der Waals surface area (Å²) in [6.07, 6.45) is 5.79. The van der Waals surface area contributed by atoms with Gasteiger partial charge in [-0.05, 0) is 45.6 Å². The van der Waals surface area contributed by atoms with Gasteiger partial charge in [0.2, 0.25) is 5.76 Å². The summed E-state index contributed by atoms with van der Waals surface area (Å²) in [5.41, 5.74) is 1.04. The van der Waals surface area contributed by atoms with Gasteiger partial charge in [0.15, 0.2) is 0 Å². The first-order valence-electron chi connectivity index (χ1n) is 6.66. The lowest BCUT2D eigenvalue weighted by molar-refractivity contribution is 0.0820. The SMILES string of the molecule is Cc1cc(C(=O)NC2CCNC3(CCC3)C2)on1. The average molecular weight is 249 g/mol. The fourth-order valence-electron chi connectivity index (χ4n) is 2.99. The number of piperidine rings is 1. The van der Waals surface area contributed by atoms with E-state index in [9.17, 15) is 4.79 Å². The fraction of sp³-hybridized carbons (Fsp3) is 0.692. The molecule has 2 fully saturated rings. The first-order valence-corrected chi connectivity index (χ1v) is 6.66. The monoisotopic (exact) mass is 249 g/mol. The number of amides is 1. The van der Waals surface area contributed by atoms with Crippen LogP contribution in [0.25, 0.3) is 0 Å². The van der Waals surface area contributed by atoms with Crippen LogP contribution in [-0.4, -0.2) is 29.2 Å². The van der Waals surface area contributed by atoms with Crippen molar-refractivity contribution in [1.82, 2.24) is 15.8 Å². The molecule has 18 heavy (non-hydrogen) atoms. The van der Waals surface area contributed by atoms with E-state index in [2.05, 4.69) is 15.8 Å². The van der Waals surface area contributed by atoms with Crippen molar-refractivity contribution in [1.29, 1.82) is 0 Å². The van der Waals surface area contributed by atoms with E-state index in [-0.39, 0.29) is 11.9 Å². The number of carbonyl (C=O) groups is 1. The van der Waals surface area contributed by atoms with Crippen LogP contribution in [0, 0.1) is 6.92 Å². The van der Waals surface area contributed by atoms with Gasteiger partial charge in [0.05, 0.1) is 5.69 Å². The van der Waals surface area contributed by atoms with Crippen molar-refractivity contribution in [2.45, 2.75) is 50.6 Å². The molecule has 1 aromatic rings. The fourth-order valence-corrected chi connectivity index (χ4v) is 2.99. The van der Waals surface area contributed by atoms with Crippen LogP contribution >= 0.6 is 0 Å². The van der Waals surface area contributed by atoms with E-state index in [1.54, 1.807) is 6.07 Å².